The summed E-state index contributed by atoms with van der Waals surface area (Å²) in [5, 5.41) is 2.88. The maximum atomic E-state index is 13.1. The van der Waals surface area contributed by atoms with Gasteiger partial charge >= 0.3 is 0 Å². The number of rotatable bonds is 8. The number of amides is 3. The highest BCUT2D eigenvalue weighted by Crippen LogP contribution is 2.23. The molecule has 2 aromatic carbocycles. The number of unbranched alkanes of at least 4 members (excludes halogenated alkanes) is 1. The van der Waals surface area contributed by atoms with Crippen LogP contribution < -0.4 is 16.0 Å². The van der Waals surface area contributed by atoms with Gasteiger partial charge in [0.2, 0.25) is 5.91 Å². The highest BCUT2D eigenvalue weighted by molar-refractivity contribution is 6.09. The van der Waals surface area contributed by atoms with Gasteiger partial charge in [0.25, 0.3) is 11.8 Å². The van der Waals surface area contributed by atoms with Crippen molar-refractivity contribution < 1.29 is 14.4 Å². The molecule has 7 nitrogen and oxygen atoms in total. The number of hydrogen-bond acceptors (Lipinski definition) is 4. The molecule has 1 aliphatic heterocycles. The Morgan fingerprint density at radius 1 is 1.06 bits per heavy atom. The summed E-state index contributed by atoms with van der Waals surface area (Å²) in [5.74, 6) is -0.914. The first-order valence-corrected chi connectivity index (χ1v) is 11.2. The Morgan fingerprint density at radius 2 is 1.72 bits per heavy atom. The Kier molecular flexibility index (Phi) is 7.87. The molecule has 1 aliphatic rings. The van der Waals surface area contributed by atoms with E-state index in [1.54, 1.807) is 41.3 Å². The normalized spacial score (nSPS) is 14.1. The van der Waals surface area contributed by atoms with Gasteiger partial charge in [-0.15, -0.1) is 0 Å². The molecule has 1 saturated heterocycles. The van der Waals surface area contributed by atoms with Gasteiger partial charge in [-0.05, 0) is 55.7 Å². The Balaban J connectivity index is 1.67. The highest BCUT2D eigenvalue weighted by Gasteiger charge is 2.27. The van der Waals surface area contributed by atoms with E-state index < -0.39 is 0 Å². The predicted molar refractivity (Wildman–Crippen MR) is 127 cm³/mol. The number of para-hydroxylation sites is 1. The van der Waals surface area contributed by atoms with Crippen LogP contribution in [0.3, 0.4) is 0 Å². The van der Waals surface area contributed by atoms with Crippen LogP contribution in [-0.2, 0) is 4.79 Å². The summed E-state index contributed by atoms with van der Waals surface area (Å²) in [5.41, 5.74) is 7.89. The molecule has 3 rings (SSSR count). The predicted octanol–water partition coefficient (Wildman–Crippen LogP) is 3.51. The fourth-order valence-corrected chi connectivity index (χ4v) is 3.90. The van der Waals surface area contributed by atoms with Crippen LogP contribution in [0.25, 0.3) is 0 Å². The summed E-state index contributed by atoms with van der Waals surface area (Å²) in [7, 11) is 2.04. The smallest absolute Gasteiger partial charge is 0.255 e. The Labute approximate surface area is 189 Å². The van der Waals surface area contributed by atoms with Crippen LogP contribution >= 0.6 is 0 Å². The number of carbonyl (C=O) groups is 3. The van der Waals surface area contributed by atoms with E-state index in [0.717, 1.165) is 25.1 Å². The second-order valence-electron chi connectivity index (χ2n) is 8.29. The minimum atomic E-state index is -0.313. The van der Waals surface area contributed by atoms with Crippen molar-refractivity contribution >= 4 is 29.1 Å². The Hall–Kier alpha value is -3.35. The molecule has 170 valence electrons. The van der Waals surface area contributed by atoms with Crippen molar-refractivity contribution in [1.82, 2.24) is 4.90 Å². The quantitative estimate of drug-likeness (QED) is 0.662. The summed E-state index contributed by atoms with van der Waals surface area (Å²) >= 11 is 0. The lowest BCUT2D eigenvalue weighted by molar-refractivity contribution is -0.123. The standard InChI is InChI=1S/C25H32N4O3/c1-3-4-15-28(2)20-11-9-19(10-12-20)24(31)27-22-8-6-5-7-21(22)25(32)29-16-13-18(14-17-29)23(26)30/h5-12,18H,3-4,13-17H2,1-2H3,(H2,26,30)(H,27,31). The molecule has 0 bridgehead atoms. The van der Waals surface area contributed by atoms with Crippen molar-refractivity contribution in [3.8, 4) is 0 Å². The first kappa shape index (κ1) is 23.3. The number of carbonyl (C=O) groups excluding carboxylic acids is 3. The van der Waals surface area contributed by atoms with E-state index in [2.05, 4.69) is 17.1 Å². The second kappa shape index (κ2) is 10.8. The third-order valence-electron chi connectivity index (χ3n) is 6.01. The molecule has 0 aliphatic carbocycles. The number of nitrogens with two attached hydrogens (primary N) is 1. The van der Waals surface area contributed by atoms with Crippen LogP contribution in [-0.4, -0.2) is 49.3 Å². The Bertz CT molecular complexity index is 950. The number of primary amides is 1. The molecular weight excluding hydrogens is 404 g/mol. The van der Waals surface area contributed by atoms with Gasteiger partial charge in [-0.1, -0.05) is 25.5 Å². The molecule has 0 aromatic heterocycles. The molecule has 0 atom stereocenters. The largest absolute Gasteiger partial charge is 0.375 e. The van der Waals surface area contributed by atoms with Crippen LogP contribution in [0, 0.1) is 5.92 Å². The number of likely N-dealkylation sites (tertiary alicyclic amines) is 1. The minimum Gasteiger partial charge on any atom is -0.375 e. The minimum absolute atomic E-state index is 0.156. The topological polar surface area (TPSA) is 95.7 Å². The second-order valence-corrected chi connectivity index (χ2v) is 8.29. The van der Waals surface area contributed by atoms with Crippen molar-refractivity contribution in [2.24, 2.45) is 11.7 Å². The fraction of sp³-hybridized carbons (Fsp3) is 0.400. The van der Waals surface area contributed by atoms with Gasteiger partial charge < -0.3 is 20.9 Å². The molecule has 1 heterocycles. The van der Waals surface area contributed by atoms with Crippen molar-refractivity contribution in [2.75, 3.05) is 36.9 Å². The summed E-state index contributed by atoms with van der Waals surface area (Å²) in [6, 6.07) is 14.5. The zero-order chi connectivity index (χ0) is 23.1. The lowest BCUT2D eigenvalue weighted by Gasteiger charge is -2.31. The van der Waals surface area contributed by atoms with Gasteiger partial charge in [0.05, 0.1) is 11.3 Å². The van der Waals surface area contributed by atoms with Gasteiger partial charge in [0, 0.05) is 43.9 Å². The monoisotopic (exact) mass is 436 g/mol. The van der Waals surface area contributed by atoms with E-state index in [-0.39, 0.29) is 23.6 Å². The molecule has 0 radical (unpaired) electrons. The number of hydrogen-bond donors (Lipinski definition) is 2. The molecular formula is C25H32N4O3. The van der Waals surface area contributed by atoms with Crippen LogP contribution in [0.5, 0.6) is 0 Å². The van der Waals surface area contributed by atoms with E-state index in [9.17, 15) is 14.4 Å². The van der Waals surface area contributed by atoms with Crippen LogP contribution in [0.4, 0.5) is 11.4 Å². The molecule has 1 fully saturated rings. The van der Waals surface area contributed by atoms with Gasteiger partial charge in [-0.3, -0.25) is 14.4 Å². The maximum Gasteiger partial charge on any atom is 0.255 e. The molecule has 3 N–H and O–H groups in total. The van der Waals surface area contributed by atoms with Gasteiger partial charge in [-0.2, -0.15) is 0 Å². The van der Waals surface area contributed by atoms with Gasteiger partial charge in [0.15, 0.2) is 0 Å². The summed E-state index contributed by atoms with van der Waals surface area (Å²) in [6.07, 6.45) is 3.37. The molecule has 2 aromatic rings. The van der Waals surface area contributed by atoms with Crippen LogP contribution in [0.2, 0.25) is 0 Å². The van der Waals surface area contributed by atoms with Crippen LogP contribution in [0.1, 0.15) is 53.3 Å². The number of nitrogens with zero attached hydrogens (tertiary/aromatic N) is 2. The van der Waals surface area contributed by atoms with Gasteiger partial charge in [0.1, 0.15) is 0 Å². The first-order chi connectivity index (χ1) is 15.4. The van der Waals surface area contributed by atoms with Gasteiger partial charge in [-0.25, -0.2) is 0 Å². The third-order valence-corrected chi connectivity index (χ3v) is 6.01. The van der Waals surface area contributed by atoms with E-state index in [0.29, 0.717) is 42.7 Å². The fourth-order valence-electron chi connectivity index (χ4n) is 3.90. The number of anilines is 2. The van der Waals surface area contributed by atoms with Crippen molar-refractivity contribution in [2.45, 2.75) is 32.6 Å². The van der Waals surface area contributed by atoms with E-state index in [4.69, 9.17) is 5.73 Å². The van der Waals surface area contributed by atoms with Crippen molar-refractivity contribution in [3.05, 3.63) is 59.7 Å². The van der Waals surface area contributed by atoms with E-state index >= 15 is 0 Å². The highest BCUT2D eigenvalue weighted by atomic mass is 16.2. The lowest BCUT2D eigenvalue weighted by Crippen LogP contribution is -2.42. The zero-order valence-electron chi connectivity index (χ0n) is 18.8. The van der Waals surface area contributed by atoms with E-state index in [1.165, 1.54) is 0 Å². The third kappa shape index (κ3) is 5.66. The summed E-state index contributed by atoms with van der Waals surface area (Å²) < 4.78 is 0. The summed E-state index contributed by atoms with van der Waals surface area (Å²) in [4.78, 5) is 41.2. The first-order valence-electron chi connectivity index (χ1n) is 11.2. The van der Waals surface area contributed by atoms with Crippen LogP contribution in [0.15, 0.2) is 48.5 Å². The maximum absolute atomic E-state index is 13.1. The number of nitrogens with one attached hydrogen (secondary N) is 1. The van der Waals surface area contributed by atoms with E-state index in [1.807, 2.05) is 19.2 Å². The van der Waals surface area contributed by atoms with Crippen molar-refractivity contribution in [1.29, 1.82) is 0 Å². The average molecular weight is 437 g/mol. The van der Waals surface area contributed by atoms with Crippen molar-refractivity contribution in [3.63, 3.8) is 0 Å². The number of benzene rings is 2. The molecule has 0 unspecified atom stereocenters. The molecule has 7 heteroatoms. The molecule has 32 heavy (non-hydrogen) atoms. The molecule has 3 amide bonds. The molecule has 0 saturated carbocycles. The zero-order valence-corrected chi connectivity index (χ0v) is 18.8. The Morgan fingerprint density at radius 3 is 2.34 bits per heavy atom. The summed E-state index contributed by atoms with van der Waals surface area (Å²) in [6.45, 7) is 4.07. The SMILES string of the molecule is CCCCN(C)c1ccc(C(=O)Nc2ccccc2C(=O)N2CCC(C(N)=O)CC2)cc1. The lowest BCUT2D eigenvalue weighted by atomic mass is 9.95. The number of piperidine rings is 1. The molecule has 0 spiro atoms. The average Bonchev–Trinajstić information content (AvgIpc) is 2.82.